The van der Waals surface area contributed by atoms with Crippen molar-refractivity contribution in [3.05, 3.63) is 53.6 Å². The largest absolute Gasteiger partial charge is 0.404 e. The van der Waals surface area contributed by atoms with Crippen LogP contribution in [-0.2, 0) is 16.0 Å². The van der Waals surface area contributed by atoms with Gasteiger partial charge < -0.3 is 20.8 Å². The van der Waals surface area contributed by atoms with Gasteiger partial charge in [0, 0.05) is 19.0 Å². The van der Waals surface area contributed by atoms with E-state index in [1.54, 1.807) is 6.20 Å². The molecule has 2 aromatic rings. The minimum Gasteiger partial charge on any atom is -0.404 e. The summed E-state index contributed by atoms with van der Waals surface area (Å²) in [6, 6.07) is 7.84. The van der Waals surface area contributed by atoms with Gasteiger partial charge in [0.25, 0.3) is 5.91 Å². The molecule has 1 amide bonds. The molecule has 1 aromatic heterocycles. The summed E-state index contributed by atoms with van der Waals surface area (Å²) >= 11 is 0. The molecular weight excluding hydrogens is 368 g/mol. The van der Waals surface area contributed by atoms with E-state index in [-0.39, 0.29) is 11.9 Å². The van der Waals surface area contributed by atoms with Gasteiger partial charge >= 0.3 is 0 Å². The van der Waals surface area contributed by atoms with E-state index in [9.17, 15) is 4.79 Å². The molecular formula is C21H22N6O2. The number of nitrogens with one attached hydrogen (secondary N) is 1. The minimum absolute atomic E-state index is 0.0249. The summed E-state index contributed by atoms with van der Waals surface area (Å²) in [7, 11) is 0. The van der Waals surface area contributed by atoms with Crippen molar-refractivity contribution in [3.63, 3.8) is 0 Å². The van der Waals surface area contributed by atoms with Gasteiger partial charge in [-0.05, 0) is 24.0 Å². The number of benzene rings is 1. The standard InChI is InChI=1S/C21H22N6O2/c22-9-14(10-23)19-24-11-17-20(25-19)26-7-8-29-12-18(26)21(28)27(17)16-6-5-13-3-1-2-4-15(13)16/h1-4,9-11,16,18,22H,5-8,12,23H2/b14-10+,22-9?. The summed E-state index contributed by atoms with van der Waals surface area (Å²) in [6.45, 7) is 1.47. The lowest BCUT2D eigenvalue weighted by atomic mass is 10.0. The molecule has 29 heavy (non-hydrogen) atoms. The van der Waals surface area contributed by atoms with Crippen LogP contribution in [0.3, 0.4) is 0 Å². The van der Waals surface area contributed by atoms with E-state index in [1.165, 1.54) is 17.3 Å². The lowest BCUT2D eigenvalue weighted by molar-refractivity contribution is -0.123. The van der Waals surface area contributed by atoms with Crippen molar-refractivity contribution in [2.45, 2.75) is 24.9 Å². The molecule has 0 spiro atoms. The van der Waals surface area contributed by atoms with Gasteiger partial charge in [-0.15, -0.1) is 0 Å². The van der Waals surface area contributed by atoms with Crippen LogP contribution in [0.1, 0.15) is 29.4 Å². The number of amides is 1. The lowest BCUT2D eigenvalue weighted by Crippen LogP contribution is -2.59. The van der Waals surface area contributed by atoms with E-state index >= 15 is 0 Å². The second kappa shape index (κ2) is 6.97. The Labute approximate surface area is 168 Å². The molecule has 8 heteroatoms. The highest BCUT2D eigenvalue weighted by molar-refractivity contribution is 6.08. The zero-order valence-corrected chi connectivity index (χ0v) is 15.9. The van der Waals surface area contributed by atoms with Crippen molar-refractivity contribution >= 4 is 29.2 Å². The molecule has 0 radical (unpaired) electrons. The van der Waals surface area contributed by atoms with Crippen LogP contribution in [0.15, 0.2) is 36.7 Å². The number of allylic oxidation sites excluding steroid dienone is 1. The Morgan fingerprint density at radius 3 is 3.00 bits per heavy atom. The number of nitrogens with two attached hydrogens (primary N) is 1. The summed E-state index contributed by atoms with van der Waals surface area (Å²) < 4.78 is 5.62. The quantitative estimate of drug-likeness (QED) is 0.772. The van der Waals surface area contributed by atoms with Gasteiger partial charge in [0.2, 0.25) is 0 Å². The highest BCUT2D eigenvalue weighted by Gasteiger charge is 2.45. The number of carbonyl (C=O) groups excluding carboxylic acids is 1. The second-order valence-electron chi connectivity index (χ2n) is 7.41. The molecule has 1 aliphatic carbocycles. The zero-order valence-electron chi connectivity index (χ0n) is 15.9. The van der Waals surface area contributed by atoms with Crippen molar-refractivity contribution in [2.24, 2.45) is 5.73 Å². The monoisotopic (exact) mass is 390 g/mol. The van der Waals surface area contributed by atoms with Crippen molar-refractivity contribution < 1.29 is 9.53 Å². The predicted octanol–water partition coefficient (Wildman–Crippen LogP) is 1.67. The number of ether oxygens (including phenoxy) is 1. The van der Waals surface area contributed by atoms with Crippen molar-refractivity contribution in [1.82, 2.24) is 9.97 Å². The first-order valence-electron chi connectivity index (χ1n) is 9.78. The average molecular weight is 390 g/mol. The Kier molecular flexibility index (Phi) is 4.28. The molecule has 3 N–H and O–H groups in total. The van der Waals surface area contributed by atoms with Crippen LogP contribution in [0.2, 0.25) is 0 Å². The SMILES string of the molecule is N=C/C(=C\N)c1ncc2c(n1)N1CCOCC1C(=O)N2C1CCc2ccccc21. The first-order valence-corrected chi connectivity index (χ1v) is 9.78. The number of carbonyl (C=O) groups is 1. The first kappa shape index (κ1) is 17.8. The molecule has 3 aliphatic rings. The third-order valence-corrected chi connectivity index (χ3v) is 5.94. The van der Waals surface area contributed by atoms with E-state index < -0.39 is 6.04 Å². The highest BCUT2D eigenvalue weighted by Crippen LogP contribution is 2.44. The molecule has 148 valence electrons. The van der Waals surface area contributed by atoms with Gasteiger partial charge in [-0.2, -0.15) is 0 Å². The molecule has 1 saturated heterocycles. The lowest BCUT2D eigenvalue weighted by Gasteiger charge is -2.45. The average Bonchev–Trinajstić information content (AvgIpc) is 3.19. The fourth-order valence-electron chi connectivity index (χ4n) is 4.54. The van der Waals surface area contributed by atoms with Crippen LogP contribution < -0.4 is 15.5 Å². The molecule has 5 rings (SSSR count). The van der Waals surface area contributed by atoms with Gasteiger partial charge in [-0.25, -0.2) is 9.97 Å². The summed E-state index contributed by atoms with van der Waals surface area (Å²) in [4.78, 5) is 26.5. The topological polar surface area (TPSA) is 108 Å². The number of hydrogen-bond acceptors (Lipinski definition) is 7. The number of aryl methyl sites for hydroxylation is 1. The number of aromatic nitrogens is 2. The number of hydrogen-bond donors (Lipinski definition) is 2. The Balaban J connectivity index is 1.65. The van der Waals surface area contributed by atoms with E-state index in [2.05, 4.69) is 17.1 Å². The van der Waals surface area contributed by atoms with Crippen LogP contribution in [0.5, 0.6) is 0 Å². The maximum absolute atomic E-state index is 13.5. The number of morpholine rings is 1. The molecule has 0 bridgehead atoms. The maximum Gasteiger partial charge on any atom is 0.252 e. The maximum atomic E-state index is 13.5. The van der Waals surface area contributed by atoms with E-state index in [1.807, 2.05) is 21.9 Å². The minimum atomic E-state index is -0.406. The first-order chi connectivity index (χ1) is 14.2. The van der Waals surface area contributed by atoms with Crippen molar-refractivity contribution in [2.75, 3.05) is 29.6 Å². The second-order valence-corrected chi connectivity index (χ2v) is 7.41. The molecule has 0 saturated carbocycles. The van der Waals surface area contributed by atoms with Crippen LogP contribution >= 0.6 is 0 Å². The number of rotatable bonds is 3. The molecule has 3 heterocycles. The zero-order chi connectivity index (χ0) is 20.0. The summed E-state index contributed by atoms with van der Waals surface area (Å²) in [5.41, 5.74) is 9.24. The van der Waals surface area contributed by atoms with E-state index in [0.717, 1.165) is 19.1 Å². The van der Waals surface area contributed by atoms with Gasteiger partial charge in [0.05, 0.1) is 31.0 Å². The molecule has 1 fully saturated rings. The third kappa shape index (κ3) is 2.71. The number of anilines is 2. The molecule has 2 unspecified atom stereocenters. The van der Waals surface area contributed by atoms with Crippen LogP contribution in [0.4, 0.5) is 11.5 Å². The molecule has 1 aromatic carbocycles. The van der Waals surface area contributed by atoms with Crippen LogP contribution in [0.25, 0.3) is 5.57 Å². The fraction of sp³-hybridized carbons (Fsp3) is 0.333. The Hall–Kier alpha value is -3.26. The smallest absolute Gasteiger partial charge is 0.252 e. The third-order valence-electron chi connectivity index (χ3n) is 5.94. The Bertz CT molecular complexity index is 1020. The Morgan fingerprint density at radius 2 is 2.17 bits per heavy atom. The van der Waals surface area contributed by atoms with Gasteiger partial charge in [0.1, 0.15) is 11.7 Å². The summed E-state index contributed by atoms with van der Waals surface area (Å²) in [5.74, 6) is 1.11. The number of fused-ring (bicyclic) bond motifs is 4. The normalized spacial score (nSPS) is 23.4. The van der Waals surface area contributed by atoms with Crippen molar-refractivity contribution in [1.29, 1.82) is 5.41 Å². The summed E-state index contributed by atoms with van der Waals surface area (Å²) in [6.07, 6.45) is 5.96. The molecule has 2 aliphatic heterocycles. The van der Waals surface area contributed by atoms with Gasteiger partial charge in [0.15, 0.2) is 11.6 Å². The van der Waals surface area contributed by atoms with Crippen LogP contribution in [-0.4, -0.2) is 47.9 Å². The van der Waals surface area contributed by atoms with Crippen LogP contribution in [0, 0.1) is 5.41 Å². The van der Waals surface area contributed by atoms with Gasteiger partial charge in [-0.1, -0.05) is 24.3 Å². The van der Waals surface area contributed by atoms with E-state index in [0.29, 0.717) is 42.7 Å². The fourth-order valence-corrected chi connectivity index (χ4v) is 4.54. The van der Waals surface area contributed by atoms with Crippen molar-refractivity contribution in [3.8, 4) is 0 Å². The molecule has 8 nitrogen and oxygen atoms in total. The number of nitrogens with zero attached hydrogens (tertiary/aromatic N) is 4. The summed E-state index contributed by atoms with van der Waals surface area (Å²) in [5, 5.41) is 7.56. The molecule has 2 atom stereocenters. The van der Waals surface area contributed by atoms with Gasteiger partial charge in [-0.3, -0.25) is 9.69 Å². The Morgan fingerprint density at radius 1 is 1.31 bits per heavy atom. The van der Waals surface area contributed by atoms with E-state index in [4.69, 9.17) is 20.9 Å². The highest BCUT2D eigenvalue weighted by atomic mass is 16.5. The predicted molar refractivity (Wildman–Crippen MR) is 110 cm³/mol.